The molecule has 0 bridgehead atoms. The van der Waals surface area contributed by atoms with E-state index in [9.17, 15) is 19.1 Å². The van der Waals surface area contributed by atoms with Crippen molar-refractivity contribution >= 4 is 11.8 Å². The zero-order chi connectivity index (χ0) is 17.6. The van der Waals surface area contributed by atoms with E-state index in [1.807, 2.05) is 0 Å². The SMILES string of the molecule is CC(CNC(=O)C(O)C(C)(C)CO)NC(=O)c1cccc(F)c1. The van der Waals surface area contributed by atoms with Crippen LogP contribution >= 0.6 is 0 Å². The van der Waals surface area contributed by atoms with Gasteiger partial charge in [0, 0.05) is 23.6 Å². The van der Waals surface area contributed by atoms with Gasteiger partial charge in [0.05, 0.1) is 6.61 Å². The van der Waals surface area contributed by atoms with Crippen molar-refractivity contribution in [2.45, 2.75) is 32.9 Å². The van der Waals surface area contributed by atoms with E-state index in [1.54, 1.807) is 20.8 Å². The van der Waals surface area contributed by atoms with E-state index in [0.29, 0.717) is 0 Å². The molecule has 0 fully saturated rings. The molecule has 1 aromatic rings. The summed E-state index contributed by atoms with van der Waals surface area (Å²) in [6.07, 6.45) is -1.36. The Morgan fingerprint density at radius 2 is 2.00 bits per heavy atom. The molecule has 0 heterocycles. The van der Waals surface area contributed by atoms with E-state index in [2.05, 4.69) is 10.6 Å². The van der Waals surface area contributed by atoms with E-state index >= 15 is 0 Å². The van der Waals surface area contributed by atoms with Crippen molar-refractivity contribution in [3.8, 4) is 0 Å². The average molecular weight is 326 g/mol. The van der Waals surface area contributed by atoms with Crippen LogP contribution in [0.3, 0.4) is 0 Å². The molecule has 2 atom stereocenters. The van der Waals surface area contributed by atoms with Gasteiger partial charge in [0.15, 0.2) is 0 Å². The normalized spacial score (nSPS) is 14.0. The van der Waals surface area contributed by atoms with E-state index in [4.69, 9.17) is 5.11 Å². The summed E-state index contributed by atoms with van der Waals surface area (Å²) in [7, 11) is 0. The monoisotopic (exact) mass is 326 g/mol. The van der Waals surface area contributed by atoms with Crippen molar-refractivity contribution in [3.63, 3.8) is 0 Å². The molecular weight excluding hydrogens is 303 g/mol. The second kappa shape index (κ2) is 8.03. The molecule has 0 aromatic heterocycles. The summed E-state index contributed by atoms with van der Waals surface area (Å²) in [5.74, 6) is -1.59. The first kappa shape index (κ1) is 19.1. The Morgan fingerprint density at radius 1 is 1.35 bits per heavy atom. The van der Waals surface area contributed by atoms with Crippen LogP contribution in [-0.2, 0) is 4.79 Å². The number of halogens is 1. The molecule has 2 amide bonds. The number of aliphatic hydroxyl groups is 2. The van der Waals surface area contributed by atoms with Crippen molar-refractivity contribution in [3.05, 3.63) is 35.6 Å². The molecule has 4 N–H and O–H groups in total. The Balaban J connectivity index is 2.49. The smallest absolute Gasteiger partial charge is 0.251 e. The Bertz CT molecular complexity index is 563. The number of nitrogens with one attached hydrogen (secondary N) is 2. The lowest BCUT2D eigenvalue weighted by atomic mass is 9.87. The average Bonchev–Trinajstić information content (AvgIpc) is 2.51. The third-order valence-electron chi connectivity index (χ3n) is 3.44. The molecule has 0 aliphatic carbocycles. The molecule has 23 heavy (non-hydrogen) atoms. The number of rotatable bonds is 7. The molecule has 0 saturated heterocycles. The molecule has 1 aromatic carbocycles. The van der Waals surface area contributed by atoms with Gasteiger partial charge in [-0.15, -0.1) is 0 Å². The van der Waals surface area contributed by atoms with Gasteiger partial charge in [-0.05, 0) is 25.1 Å². The third-order valence-corrected chi connectivity index (χ3v) is 3.44. The summed E-state index contributed by atoms with van der Waals surface area (Å²) < 4.78 is 13.1. The van der Waals surface area contributed by atoms with Gasteiger partial charge in [0.2, 0.25) is 5.91 Å². The predicted molar refractivity (Wildman–Crippen MR) is 83.2 cm³/mol. The molecule has 0 aliphatic rings. The Hall–Kier alpha value is -1.99. The van der Waals surface area contributed by atoms with Gasteiger partial charge < -0.3 is 20.8 Å². The molecule has 0 radical (unpaired) electrons. The highest BCUT2D eigenvalue weighted by molar-refractivity contribution is 5.94. The van der Waals surface area contributed by atoms with Crippen LogP contribution in [0, 0.1) is 11.2 Å². The Labute approximate surface area is 134 Å². The van der Waals surface area contributed by atoms with Crippen molar-refractivity contribution in [2.24, 2.45) is 5.41 Å². The Morgan fingerprint density at radius 3 is 2.57 bits per heavy atom. The zero-order valence-corrected chi connectivity index (χ0v) is 13.5. The maximum absolute atomic E-state index is 13.1. The topological polar surface area (TPSA) is 98.7 Å². The molecule has 6 nitrogen and oxygen atoms in total. The highest BCUT2D eigenvalue weighted by Gasteiger charge is 2.32. The van der Waals surface area contributed by atoms with Gasteiger partial charge in [-0.2, -0.15) is 0 Å². The number of aliphatic hydroxyl groups excluding tert-OH is 2. The van der Waals surface area contributed by atoms with Gasteiger partial charge in [-0.25, -0.2) is 4.39 Å². The lowest BCUT2D eigenvalue weighted by Crippen LogP contribution is -2.49. The quantitative estimate of drug-likeness (QED) is 0.584. The fourth-order valence-corrected chi connectivity index (χ4v) is 1.78. The first-order chi connectivity index (χ1) is 10.7. The molecule has 0 saturated carbocycles. The van der Waals surface area contributed by atoms with Gasteiger partial charge >= 0.3 is 0 Å². The summed E-state index contributed by atoms with van der Waals surface area (Å²) in [4.78, 5) is 23.7. The fourth-order valence-electron chi connectivity index (χ4n) is 1.78. The van der Waals surface area contributed by atoms with Gasteiger partial charge in [0.1, 0.15) is 11.9 Å². The van der Waals surface area contributed by atoms with E-state index in [1.165, 1.54) is 18.2 Å². The first-order valence-corrected chi connectivity index (χ1v) is 7.30. The minimum absolute atomic E-state index is 0.0957. The number of hydrogen-bond acceptors (Lipinski definition) is 4. The van der Waals surface area contributed by atoms with Crippen LogP contribution in [0.15, 0.2) is 24.3 Å². The van der Waals surface area contributed by atoms with E-state index in [-0.39, 0.29) is 18.7 Å². The summed E-state index contributed by atoms with van der Waals surface area (Å²) in [5.41, 5.74) is -0.775. The van der Waals surface area contributed by atoms with Crippen LogP contribution in [0.2, 0.25) is 0 Å². The minimum Gasteiger partial charge on any atom is -0.396 e. The maximum Gasteiger partial charge on any atom is 0.251 e. The third kappa shape index (κ3) is 5.61. The highest BCUT2D eigenvalue weighted by Crippen LogP contribution is 2.19. The number of benzene rings is 1. The van der Waals surface area contributed by atoms with Gasteiger partial charge in [-0.3, -0.25) is 9.59 Å². The van der Waals surface area contributed by atoms with Crippen molar-refractivity contribution < 1.29 is 24.2 Å². The highest BCUT2D eigenvalue weighted by atomic mass is 19.1. The van der Waals surface area contributed by atoms with Crippen molar-refractivity contribution in [2.75, 3.05) is 13.2 Å². The molecule has 0 aliphatic heterocycles. The standard InChI is InChI=1S/C16H23FN2O4/c1-10(8-18-15(23)13(21)16(2,3)9-20)19-14(22)11-5-4-6-12(17)7-11/h4-7,10,13,20-21H,8-9H2,1-3H3,(H,18,23)(H,19,22). The van der Waals surface area contributed by atoms with Crippen molar-refractivity contribution in [1.82, 2.24) is 10.6 Å². The van der Waals surface area contributed by atoms with Crippen LogP contribution in [0.25, 0.3) is 0 Å². The van der Waals surface area contributed by atoms with Crippen LogP contribution in [0.1, 0.15) is 31.1 Å². The molecule has 7 heteroatoms. The van der Waals surface area contributed by atoms with Gasteiger partial charge in [-0.1, -0.05) is 19.9 Å². The number of amides is 2. The van der Waals surface area contributed by atoms with Crippen LogP contribution < -0.4 is 10.6 Å². The zero-order valence-electron chi connectivity index (χ0n) is 13.5. The molecule has 1 rings (SSSR count). The lowest BCUT2D eigenvalue weighted by molar-refractivity contribution is -0.137. The summed E-state index contributed by atoms with van der Waals surface area (Å²) in [6, 6.07) is 4.86. The first-order valence-electron chi connectivity index (χ1n) is 7.30. The second-order valence-electron chi connectivity index (χ2n) is 6.18. The fraction of sp³-hybridized carbons (Fsp3) is 0.500. The minimum atomic E-state index is -1.36. The molecule has 2 unspecified atom stereocenters. The summed E-state index contributed by atoms with van der Waals surface area (Å²) in [5, 5.41) is 24.1. The number of carbonyl (C=O) groups is 2. The summed E-state index contributed by atoms with van der Waals surface area (Å²) >= 11 is 0. The molecule has 128 valence electrons. The van der Waals surface area contributed by atoms with Crippen LogP contribution in [0.4, 0.5) is 4.39 Å². The molecule has 0 spiro atoms. The number of hydrogen-bond donors (Lipinski definition) is 4. The lowest BCUT2D eigenvalue weighted by Gasteiger charge is -2.27. The van der Waals surface area contributed by atoms with E-state index < -0.39 is 35.2 Å². The second-order valence-corrected chi connectivity index (χ2v) is 6.18. The molecular formula is C16H23FN2O4. The largest absolute Gasteiger partial charge is 0.396 e. The predicted octanol–water partition coefficient (Wildman–Crippen LogP) is 0.440. The maximum atomic E-state index is 13.1. The summed E-state index contributed by atoms with van der Waals surface area (Å²) in [6.45, 7) is 4.55. The van der Waals surface area contributed by atoms with Crippen molar-refractivity contribution in [1.29, 1.82) is 0 Å². The number of carbonyl (C=O) groups excluding carboxylic acids is 2. The van der Waals surface area contributed by atoms with Crippen LogP contribution in [-0.4, -0.2) is 47.3 Å². The van der Waals surface area contributed by atoms with E-state index in [0.717, 1.165) is 6.07 Å². The van der Waals surface area contributed by atoms with Crippen LogP contribution in [0.5, 0.6) is 0 Å². The van der Waals surface area contributed by atoms with Gasteiger partial charge in [0.25, 0.3) is 5.91 Å². The Kier molecular flexibility index (Phi) is 6.65.